The molecule has 62 valence electrons. The van der Waals surface area contributed by atoms with E-state index >= 15 is 0 Å². The van der Waals surface area contributed by atoms with E-state index in [2.05, 4.69) is 15.9 Å². The summed E-state index contributed by atoms with van der Waals surface area (Å²) in [6.07, 6.45) is 0. The Labute approximate surface area is 81.7 Å². The van der Waals surface area contributed by atoms with Crippen LogP contribution in [0.1, 0.15) is 19.4 Å². The second-order valence-corrected chi connectivity index (χ2v) is 3.18. The Morgan fingerprint density at radius 3 is 2.18 bits per heavy atom. The van der Waals surface area contributed by atoms with Crippen LogP contribution < -0.4 is 0 Å². The highest BCUT2D eigenvalue weighted by Gasteiger charge is 1.93. The fraction of sp³-hybridized carbons (Fsp3) is 0.333. The van der Waals surface area contributed by atoms with Gasteiger partial charge in [-0.3, -0.25) is 0 Å². The molecule has 11 heavy (non-hydrogen) atoms. The van der Waals surface area contributed by atoms with E-state index < -0.39 is 0 Å². The lowest BCUT2D eigenvalue weighted by molar-refractivity contribution is 1.45. The van der Waals surface area contributed by atoms with Crippen LogP contribution in [0, 0.1) is 6.92 Å². The van der Waals surface area contributed by atoms with Crippen molar-refractivity contribution >= 4 is 27.5 Å². The molecular weight excluding hydrogens is 223 g/mol. The van der Waals surface area contributed by atoms with E-state index in [0.29, 0.717) is 0 Å². The summed E-state index contributed by atoms with van der Waals surface area (Å²) in [7, 11) is 0. The molecule has 0 fully saturated rings. The van der Waals surface area contributed by atoms with Crippen LogP contribution in [-0.2, 0) is 0 Å². The topological polar surface area (TPSA) is 0 Å². The van der Waals surface area contributed by atoms with Gasteiger partial charge in [0.25, 0.3) is 0 Å². The zero-order valence-electron chi connectivity index (χ0n) is 6.99. The Morgan fingerprint density at radius 2 is 1.82 bits per heavy atom. The van der Waals surface area contributed by atoms with Crippen LogP contribution in [0.15, 0.2) is 22.7 Å². The number of benzene rings is 1. The SMILES string of the molecule is CC.Cc1ccc(Cl)c(Br)c1. The van der Waals surface area contributed by atoms with Gasteiger partial charge in [0.1, 0.15) is 0 Å². The highest BCUT2D eigenvalue weighted by atomic mass is 79.9. The maximum absolute atomic E-state index is 5.73. The third-order valence-corrected chi connectivity index (χ3v) is 2.29. The molecule has 0 spiro atoms. The normalized spacial score (nSPS) is 8.45. The van der Waals surface area contributed by atoms with Crippen molar-refractivity contribution in [3.05, 3.63) is 33.3 Å². The Kier molecular flexibility index (Phi) is 5.61. The summed E-state index contributed by atoms with van der Waals surface area (Å²) in [6.45, 7) is 6.03. The van der Waals surface area contributed by atoms with Crippen LogP contribution in [0.2, 0.25) is 5.02 Å². The van der Waals surface area contributed by atoms with Crippen LogP contribution >= 0.6 is 27.5 Å². The first-order valence-electron chi connectivity index (χ1n) is 3.62. The van der Waals surface area contributed by atoms with Crippen molar-refractivity contribution in [1.29, 1.82) is 0 Å². The average Bonchev–Trinajstić information content (AvgIpc) is 2.02. The molecule has 0 saturated heterocycles. The Hall–Kier alpha value is -0.0100. The van der Waals surface area contributed by atoms with Gasteiger partial charge in [-0.2, -0.15) is 0 Å². The van der Waals surface area contributed by atoms with Crippen molar-refractivity contribution in [2.45, 2.75) is 20.8 Å². The van der Waals surface area contributed by atoms with E-state index in [0.717, 1.165) is 9.50 Å². The van der Waals surface area contributed by atoms with Crippen LogP contribution in [0.5, 0.6) is 0 Å². The minimum absolute atomic E-state index is 0.764. The van der Waals surface area contributed by atoms with Crippen molar-refractivity contribution < 1.29 is 0 Å². The minimum Gasteiger partial charge on any atom is -0.0831 e. The molecule has 0 N–H and O–H groups in total. The Balaban J connectivity index is 0.000000461. The summed E-state index contributed by atoms with van der Waals surface area (Å²) >= 11 is 9.05. The van der Waals surface area contributed by atoms with E-state index in [9.17, 15) is 0 Å². The van der Waals surface area contributed by atoms with Crippen LogP contribution in [-0.4, -0.2) is 0 Å². The zero-order chi connectivity index (χ0) is 8.85. The quantitative estimate of drug-likeness (QED) is 0.624. The van der Waals surface area contributed by atoms with Crippen molar-refractivity contribution in [1.82, 2.24) is 0 Å². The number of hydrogen-bond donors (Lipinski definition) is 0. The molecule has 0 nitrogen and oxygen atoms in total. The molecule has 0 aromatic heterocycles. The van der Waals surface area contributed by atoms with Gasteiger partial charge in [-0.15, -0.1) is 0 Å². The molecule has 1 aromatic carbocycles. The molecule has 0 unspecified atom stereocenters. The molecule has 0 radical (unpaired) electrons. The van der Waals surface area contributed by atoms with Gasteiger partial charge < -0.3 is 0 Å². The predicted molar refractivity (Wildman–Crippen MR) is 55.2 cm³/mol. The summed E-state index contributed by atoms with van der Waals surface area (Å²) in [5, 5.41) is 0.764. The van der Waals surface area contributed by atoms with E-state index in [1.807, 2.05) is 39.0 Å². The van der Waals surface area contributed by atoms with Crippen molar-refractivity contribution in [2.24, 2.45) is 0 Å². The Bertz CT molecular complexity index is 221. The second kappa shape index (κ2) is 5.62. The van der Waals surface area contributed by atoms with E-state index in [1.54, 1.807) is 0 Å². The first-order chi connectivity index (χ1) is 5.20. The maximum atomic E-state index is 5.73. The molecule has 1 rings (SSSR count). The number of aryl methyl sites for hydroxylation is 1. The van der Waals surface area contributed by atoms with Gasteiger partial charge in [-0.25, -0.2) is 0 Å². The first kappa shape index (κ1) is 11.0. The van der Waals surface area contributed by atoms with E-state index in [-0.39, 0.29) is 0 Å². The highest BCUT2D eigenvalue weighted by molar-refractivity contribution is 9.10. The van der Waals surface area contributed by atoms with Crippen LogP contribution in [0.4, 0.5) is 0 Å². The van der Waals surface area contributed by atoms with Gasteiger partial charge in [0.05, 0.1) is 5.02 Å². The molecule has 0 aliphatic rings. The lowest BCUT2D eigenvalue weighted by Gasteiger charge is -1.94. The van der Waals surface area contributed by atoms with Gasteiger partial charge in [0, 0.05) is 4.47 Å². The standard InChI is InChI=1S/C7H6BrCl.C2H6/c1-5-2-3-7(9)6(8)4-5;1-2/h2-4H,1H3;1-2H3. The summed E-state index contributed by atoms with van der Waals surface area (Å²) in [5.41, 5.74) is 1.21. The fourth-order valence-corrected chi connectivity index (χ4v) is 1.21. The van der Waals surface area contributed by atoms with Gasteiger partial charge in [0.2, 0.25) is 0 Å². The fourth-order valence-electron chi connectivity index (χ4n) is 0.601. The maximum Gasteiger partial charge on any atom is 0.0548 e. The predicted octanol–water partition coefficient (Wildman–Crippen LogP) is 4.44. The lowest BCUT2D eigenvalue weighted by Crippen LogP contribution is -1.71. The number of hydrogen-bond acceptors (Lipinski definition) is 0. The lowest BCUT2D eigenvalue weighted by atomic mass is 10.2. The minimum atomic E-state index is 0.764. The summed E-state index contributed by atoms with van der Waals surface area (Å²) in [6, 6.07) is 5.84. The van der Waals surface area contributed by atoms with Crippen LogP contribution in [0.3, 0.4) is 0 Å². The molecule has 0 saturated carbocycles. The van der Waals surface area contributed by atoms with E-state index in [4.69, 9.17) is 11.6 Å². The molecule has 0 amide bonds. The van der Waals surface area contributed by atoms with Crippen molar-refractivity contribution in [2.75, 3.05) is 0 Å². The molecule has 0 heterocycles. The van der Waals surface area contributed by atoms with Gasteiger partial charge in [0.15, 0.2) is 0 Å². The average molecular weight is 236 g/mol. The number of rotatable bonds is 0. The first-order valence-corrected chi connectivity index (χ1v) is 4.79. The second-order valence-electron chi connectivity index (χ2n) is 1.92. The van der Waals surface area contributed by atoms with Gasteiger partial charge >= 0.3 is 0 Å². The third kappa shape index (κ3) is 3.78. The van der Waals surface area contributed by atoms with Crippen LogP contribution in [0.25, 0.3) is 0 Å². The monoisotopic (exact) mass is 234 g/mol. The molecule has 1 aromatic rings. The van der Waals surface area contributed by atoms with Crippen molar-refractivity contribution in [3.8, 4) is 0 Å². The smallest absolute Gasteiger partial charge is 0.0548 e. The highest BCUT2D eigenvalue weighted by Crippen LogP contribution is 2.22. The summed E-state index contributed by atoms with van der Waals surface area (Å²) in [4.78, 5) is 0. The summed E-state index contributed by atoms with van der Waals surface area (Å²) in [5.74, 6) is 0. The molecule has 0 atom stereocenters. The molecule has 0 aliphatic carbocycles. The Morgan fingerprint density at radius 1 is 1.27 bits per heavy atom. The third-order valence-electron chi connectivity index (χ3n) is 1.08. The van der Waals surface area contributed by atoms with Gasteiger partial charge in [-0.1, -0.05) is 31.5 Å². The largest absolute Gasteiger partial charge is 0.0831 e. The summed E-state index contributed by atoms with van der Waals surface area (Å²) < 4.78 is 0.962. The number of halogens is 2. The molecule has 0 bridgehead atoms. The zero-order valence-corrected chi connectivity index (χ0v) is 9.33. The van der Waals surface area contributed by atoms with E-state index in [1.165, 1.54) is 5.56 Å². The van der Waals surface area contributed by atoms with Crippen molar-refractivity contribution in [3.63, 3.8) is 0 Å². The molecule has 0 aliphatic heterocycles. The molecular formula is C9H12BrCl. The van der Waals surface area contributed by atoms with Gasteiger partial charge in [-0.05, 0) is 40.5 Å². The molecule has 2 heteroatoms.